The molecule has 4 heteroatoms. The molecule has 1 aliphatic rings. The third kappa shape index (κ3) is 2.20. The fraction of sp³-hybridized carbons (Fsp3) is 0.462. The number of nitrogens with zero attached hydrogens (tertiary/aromatic N) is 2. The van der Waals surface area contributed by atoms with Crippen LogP contribution in [0.3, 0.4) is 0 Å². The maximum atomic E-state index is 8.83. The number of benzene rings is 1. The fourth-order valence-corrected chi connectivity index (χ4v) is 2.17. The zero-order valence-corrected chi connectivity index (χ0v) is 10.2. The fourth-order valence-electron chi connectivity index (χ4n) is 2.17. The molecule has 0 aliphatic carbocycles. The van der Waals surface area contributed by atoms with Crippen LogP contribution in [0, 0.1) is 11.3 Å². The largest absolute Gasteiger partial charge is 0.397 e. The van der Waals surface area contributed by atoms with Crippen molar-refractivity contribution in [3.63, 3.8) is 0 Å². The monoisotopic (exact) mass is 231 g/mol. The number of rotatable bonds is 1. The van der Waals surface area contributed by atoms with E-state index in [0.717, 1.165) is 12.2 Å². The number of hydrogen-bond donors (Lipinski definition) is 1. The number of morpholine rings is 1. The average Bonchev–Trinajstić information content (AvgIpc) is 2.29. The van der Waals surface area contributed by atoms with Crippen LogP contribution in [0.25, 0.3) is 0 Å². The third-order valence-electron chi connectivity index (χ3n) is 3.09. The summed E-state index contributed by atoms with van der Waals surface area (Å²) < 4.78 is 5.49. The molecule has 0 amide bonds. The van der Waals surface area contributed by atoms with Crippen molar-refractivity contribution in [1.29, 1.82) is 5.26 Å². The average molecular weight is 231 g/mol. The molecule has 2 rings (SSSR count). The van der Waals surface area contributed by atoms with Gasteiger partial charge in [0.1, 0.15) is 0 Å². The minimum absolute atomic E-state index is 0.0689. The van der Waals surface area contributed by atoms with Gasteiger partial charge in [0, 0.05) is 6.54 Å². The summed E-state index contributed by atoms with van der Waals surface area (Å²) in [5, 5.41) is 8.83. The second-order valence-electron chi connectivity index (χ2n) is 4.90. The Labute approximate surface area is 102 Å². The first-order valence-corrected chi connectivity index (χ1v) is 5.69. The molecule has 0 unspecified atom stereocenters. The van der Waals surface area contributed by atoms with Gasteiger partial charge in [-0.25, -0.2) is 0 Å². The van der Waals surface area contributed by atoms with Crippen molar-refractivity contribution < 1.29 is 4.74 Å². The van der Waals surface area contributed by atoms with Crippen LogP contribution in [0.4, 0.5) is 11.4 Å². The van der Waals surface area contributed by atoms with E-state index in [1.54, 1.807) is 12.1 Å². The van der Waals surface area contributed by atoms with Crippen LogP contribution < -0.4 is 10.6 Å². The van der Waals surface area contributed by atoms with Crippen LogP contribution in [0.15, 0.2) is 18.2 Å². The molecule has 0 radical (unpaired) electrons. The molecule has 0 spiro atoms. The summed E-state index contributed by atoms with van der Waals surface area (Å²) in [6, 6.07) is 7.54. The molecule has 0 aromatic heterocycles. The summed E-state index contributed by atoms with van der Waals surface area (Å²) in [6.45, 7) is 6.48. The second kappa shape index (κ2) is 4.27. The van der Waals surface area contributed by atoms with Crippen LogP contribution in [0.1, 0.15) is 19.4 Å². The first kappa shape index (κ1) is 11.7. The normalized spacial score (nSPS) is 18.8. The van der Waals surface area contributed by atoms with Gasteiger partial charge in [0.15, 0.2) is 0 Å². The van der Waals surface area contributed by atoms with Gasteiger partial charge < -0.3 is 15.4 Å². The summed E-state index contributed by atoms with van der Waals surface area (Å²) in [7, 11) is 0. The Balaban J connectivity index is 2.36. The molecule has 90 valence electrons. The van der Waals surface area contributed by atoms with Crippen LogP contribution in [-0.2, 0) is 4.74 Å². The smallest absolute Gasteiger partial charge is 0.0992 e. The number of nitrogens with two attached hydrogens (primary N) is 1. The third-order valence-corrected chi connectivity index (χ3v) is 3.09. The van der Waals surface area contributed by atoms with E-state index in [4.69, 9.17) is 15.7 Å². The van der Waals surface area contributed by atoms with E-state index < -0.39 is 0 Å². The number of nitriles is 1. The van der Waals surface area contributed by atoms with Crippen molar-refractivity contribution in [2.24, 2.45) is 0 Å². The molecule has 0 atom stereocenters. The standard InChI is InChI=1S/C13H17N3O/c1-13(2)9-17-6-5-16(13)12-4-3-10(8-14)7-11(12)15/h3-4,7H,5-6,9,15H2,1-2H3. The molecular weight excluding hydrogens is 214 g/mol. The maximum Gasteiger partial charge on any atom is 0.0992 e. The van der Waals surface area contributed by atoms with E-state index in [2.05, 4.69) is 24.8 Å². The lowest BCUT2D eigenvalue weighted by Gasteiger charge is -2.44. The first-order valence-electron chi connectivity index (χ1n) is 5.69. The zero-order valence-electron chi connectivity index (χ0n) is 10.2. The van der Waals surface area contributed by atoms with Crippen LogP contribution >= 0.6 is 0 Å². The van der Waals surface area contributed by atoms with E-state index in [9.17, 15) is 0 Å². The highest BCUT2D eigenvalue weighted by atomic mass is 16.5. The second-order valence-corrected chi connectivity index (χ2v) is 4.90. The van der Waals surface area contributed by atoms with Crippen molar-refractivity contribution in [1.82, 2.24) is 0 Å². The Kier molecular flexibility index (Phi) is 2.95. The lowest BCUT2D eigenvalue weighted by molar-refractivity contribution is 0.0645. The Morgan fingerprint density at radius 2 is 2.24 bits per heavy atom. The van der Waals surface area contributed by atoms with E-state index in [-0.39, 0.29) is 5.54 Å². The van der Waals surface area contributed by atoms with E-state index in [1.807, 2.05) is 6.07 Å². The molecule has 1 aromatic carbocycles. The minimum Gasteiger partial charge on any atom is -0.397 e. The molecule has 1 fully saturated rings. The van der Waals surface area contributed by atoms with Crippen molar-refractivity contribution in [2.75, 3.05) is 30.4 Å². The molecule has 1 saturated heterocycles. The van der Waals surface area contributed by atoms with Crippen molar-refractivity contribution >= 4 is 11.4 Å². The Morgan fingerprint density at radius 3 is 2.82 bits per heavy atom. The Hall–Kier alpha value is -1.73. The number of anilines is 2. The maximum absolute atomic E-state index is 8.83. The Morgan fingerprint density at radius 1 is 1.47 bits per heavy atom. The van der Waals surface area contributed by atoms with Gasteiger partial charge in [-0.2, -0.15) is 5.26 Å². The van der Waals surface area contributed by atoms with Gasteiger partial charge in [-0.15, -0.1) is 0 Å². The van der Waals surface area contributed by atoms with E-state index >= 15 is 0 Å². The summed E-state index contributed by atoms with van der Waals surface area (Å²) in [6.07, 6.45) is 0. The highest BCUT2D eigenvalue weighted by Crippen LogP contribution is 2.31. The number of nitrogen functional groups attached to an aromatic ring is 1. The van der Waals surface area contributed by atoms with Crippen LogP contribution in [-0.4, -0.2) is 25.3 Å². The molecule has 2 N–H and O–H groups in total. The van der Waals surface area contributed by atoms with Gasteiger partial charge in [0.25, 0.3) is 0 Å². The summed E-state index contributed by atoms with van der Waals surface area (Å²) in [5.41, 5.74) is 8.18. The van der Waals surface area contributed by atoms with Gasteiger partial charge in [-0.05, 0) is 32.0 Å². The molecule has 17 heavy (non-hydrogen) atoms. The molecule has 1 aliphatic heterocycles. The van der Waals surface area contributed by atoms with Crippen molar-refractivity contribution in [3.8, 4) is 6.07 Å². The highest BCUT2D eigenvalue weighted by molar-refractivity contribution is 5.70. The minimum atomic E-state index is -0.0689. The lowest BCUT2D eigenvalue weighted by Crippen LogP contribution is -2.53. The van der Waals surface area contributed by atoms with Gasteiger partial charge in [0.05, 0.1) is 41.8 Å². The van der Waals surface area contributed by atoms with Gasteiger partial charge in [-0.3, -0.25) is 0 Å². The molecule has 1 aromatic rings. The molecule has 0 saturated carbocycles. The predicted molar refractivity (Wildman–Crippen MR) is 67.8 cm³/mol. The Bertz CT molecular complexity index is 462. The number of ether oxygens (including phenoxy) is 1. The molecule has 1 heterocycles. The summed E-state index contributed by atoms with van der Waals surface area (Å²) in [4.78, 5) is 2.24. The topological polar surface area (TPSA) is 62.3 Å². The van der Waals surface area contributed by atoms with E-state index in [0.29, 0.717) is 24.5 Å². The molecular formula is C13H17N3O. The van der Waals surface area contributed by atoms with Gasteiger partial charge in [-0.1, -0.05) is 0 Å². The SMILES string of the molecule is CC1(C)COCCN1c1ccc(C#N)cc1N. The van der Waals surface area contributed by atoms with Crippen molar-refractivity contribution in [2.45, 2.75) is 19.4 Å². The van der Waals surface area contributed by atoms with Crippen LogP contribution in [0.5, 0.6) is 0 Å². The highest BCUT2D eigenvalue weighted by Gasteiger charge is 2.31. The van der Waals surface area contributed by atoms with Gasteiger partial charge in [0.2, 0.25) is 0 Å². The summed E-state index contributed by atoms with van der Waals surface area (Å²) >= 11 is 0. The predicted octanol–water partition coefficient (Wildman–Crippen LogP) is 1.76. The van der Waals surface area contributed by atoms with Gasteiger partial charge >= 0.3 is 0 Å². The quantitative estimate of drug-likeness (QED) is 0.748. The summed E-state index contributed by atoms with van der Waals surface area (Å²) in [5.74, 6) is 0. The lowest BCUT2D eigenvalue weighted by atomic mass is 10.0. The molecule has 0 bridgehead atoms. The zero-order chi connectivity index (χ0) is 12.5. The molecule has 4 nitrogen and oxygen atoms in total. The van der Waals surface area contributed by atoms with E-state index in [1.165, 1.54) is 0 Å². The van der Waals surface area contributed by atoms with Crippen LogP contribution in [0.2, 0.25) is 0 Å². The number of hydrogen-bond acceptors (Lipinski definition) is 4. The van der Waals surface area contributed by atoms with Crippen molar-refractivity contribution in [3.05, 3.63) is 23.8 Å². The first-order chi connectivity index (χ1) is 8.04.